The van der Waals surface area contributed by atoms with Gasteiger partial charge in [0.15, 0.2) is 0 Å². The quantitative estimate of drug-likeness (QED) is 0.557. The van der Waals surface area contributed by atoms with Crippen LogP contribution in [0.5, 0.6) is 0 Å². The number of hydrogen-bond acceptors (Lipinski definition) is 3. The van der Waals surface area contributed by atoms with Gasteiger partial charge in [-0.15, -0.1) is 0 Å². The van der Waals surface area contributed by atoms with Crippen molar-refractivity contribution >= 4 is 12.0 Å². The molecule has 30 heavy (non-hydrogen) atoms. The van der Waals surface area contributed by atoms with Crippen LogP contribution in [-0.2, 0) is 9.53 Å². The van der Waals surface area contributed by atoms with E-state index in [0.717, 1.165) is 16.8 Å². The first-order valence-electron chi connectivity index (χ1n) is 10.1. The van der Waals surface area contributed by atoms with Crippen LogP contribution in [0.2, 0.25) is 0 Å². The molecule has 1 aromatic carbocycles. The lowest BCUT2D eigenvalue weighted by atomic mass is 9.72. The first-order valence-corrected chi connectivity index (χ1v) is 10.1. The molecule has 4 rings (SSSR count). The predicted octanol–water partition coefficient (Wildman–Crippen LogP) is 6.07. The molecule has 1 aliphatic heterocycles. The zero-order valence-electron chi connectivity index (χ0n) is 17.4. The molecular weight excluding hydrogens is 391 g/mol. The van der Waals surface area contributed by atoms with Crippen LogP contribution < -0.4 is 0 Å². The summed E-state index contributed by atoms with van der Waals surface area (Å²) in [6, 6.07) is 8.85. The standard InChI is InChI=1S/C14H12FN.C10H14F2O2/c1-3-12-8-7-11(9-16-12)13-5-4-6-14(15)10(13)2;1-5-3-7-6(2)14-9(13)8(7)4-10(5,11)12/h3-9H,1H2,2H3;5-8H,3-4H2,1-2H3. The molecule has 0 amide bonds. The number of fused-ring (bicyclic) bond motifs is 1. The number of pyridine rings is 1. The second-order valence-corrected chi connectivity index (χ2v) is 8.10. The summed E-state index contributed by atoms with van der Waals surface area (Å²) < 4.78 is 45.0. The third-order valence-corrected chi connectivity index (χ3v) is 6.14. The maximum Gasteiger partial charge on any atom is 0.309 e. The van der Waals surface area contributed by atoms with Crippen LogP contribution >= 0.6 is 0 Å². The molecule has 3 nitrogen and oxygen atoms in total. The molecule has 2 fully saturated rings. The summed E-state index contributed by atoms with van der Waals surface area (Å²) in [5.74, 6) is -4.54. The fraction of sp³-hybridized carbons (Fsp3) is 0.417. The van der Waals surface area contributed by atoms with Gasteiger partial charge in [-0.1, -0.05) is 31.7 Å². The third kappa shape index (κ3) is 4.42. The van der Waals surface area contributed by atoms with E-state index in [0.29, 0.717) is 12.0 Å². The van der Waals surface area contributed by atoms with Gasteiger partial charge in [0.1, 0.15) is 11.9 Å². The fourth-order valence-electron chi connectivity index (χ4n) is 4.13. The first kappa shape index (κ1) is 22.1. The normalized spacial score (nSPS) is 26.8. The molecular formula is C24H26F3NO2. The van der Waals surface area contributed by atoms with E-state index in [1.165, 1.54) is 6.07 Å². The summed E-state index contributed by atoms with van der Waals surface area (Å²) in [7, 11) is 0. The van der Waals surface area contributed by atoms with Crippen molar-refractivity contribution in [2.75, 3.05) is 0 Å². The van der Waals surface area contributed by atoms with E-state index < -0.39 is 23.7 Å². The van der Waals surface area contributed by atoms with E-state index in [1.807, 2.05) is 18.2 Å². The Labute approximate surface area is 175 Å². The Bertz CT molecular complexity index is 927. The second kappa shape index (κ2) is 8.62. The van der Waals surface area contributed by atoms with Crippen LogP contribution in [0.1, 0.15) is 37.9 Å². The SMILES string of the molecule is C=Cc1ccc(-c2cccc(F)c2C)cn1.CC1OC(=O)C2CC(F)(F)C(C)CC12. The molecule has 0 N–H and O–H groups in total. The Morgan fingerprint density at radius 2 is 1.97 bits per heavy atom. The minimum Gasteiger partial charge on any atom is -0.462 e. The van der Waals surface area contributed by atoms with Gasteiger partial charge < -0.3 is 4.74 Å². The van der Waals surface area contributed by atoms with Gasteiger partial charge in [0, 0.05) is 30.0 Å². The van der Waals surface area contributed by atoms with Crippen LogP contribution in [0, 0.1) is 30.5 Å². The zero-order chi connectivity index (χ0) is 22.1. The molecule has 2 aromatic rings. The second-order valence-electron chi connectivity index (χ2n) is 8.10. The molecule has 4 unspecified atom stereocenters. The van der Waals surface area contributed by atoms with Gasteiger partial charge in [-0.25, -0.2) is 13.2 Å². The highest BCUT2D eigenvalue weighted by atomic mass is 19.3. The van der Waals surface area contributed by atoms with Crippen molar-refractivity contribution in [1.29, 1.82) is 0 Å². The number of rotatable bonds is 2. The first-order chi connectivity index (χ1) is 14.1. The third-order valence-electron chi connectivity index (χ3n) is 6.14. The minimum absolute atomic E-state index is 0.00266. The van der Waals surface area contributed by atoms with Gasteiger partial charge in [-0.3, -0.25) is 9.78 Å². The van der Waals surface area contributed by atoms with E-state index in [1.54, 1.807) is 39.1 Å². The Morgan fingerprint density at radius 3 is 2.60 bits per heavy atom. The van der Waals surface area contributed by atoms with Crippen molar-refractivity contribution in [3.8, 4) is 11.1 Å². The lowest BCUT2D eigenvalue weighted by Crippen LogP contribution is -2.40. The molecule has 4 atom stereocenters. The van der Waals surface area contributed by atoms with Crippen molar-refractivity contribution < 1.29 is 22.7 Å². The number of ether oxygens (including phenoxy) is 1. The largest absolute Gasteiger partial charge is 0.462 e. The summed E-state index contributed by atoms with van der Waals surface area (Å²) in [6.45, 7) is 8.75. The Kier molecular flexibility index (Phi) is 6.34. The molecule has 1 aromatic heterocycles. The molecule has 1 saturated carbocycles. The maximum absolute atomic E-state index is 13.4. The van der Waals surface area contributed by atoms with Crippen molar-refractivity contribution in [2.24, 2.45) is 17.8 Å². The number of hydrogen-bond donors (Lipinski definition) is 0. The topological polar surface area (TPSA) is 39.2 Å². The number of benzene rings is 1. The van der Waals surface area contributed by atoms with Crippen LogP contribution in [0.4, 0.5) is 13.2 Å². The van der Waals surface area contributed by atoms with Gasteiger partial charge in [0.05, 0.1) is 11.6 Å². The number of halogens is 3. The highest BCUT2D eigenvalue weighted by molar-refractivity contribution is 5.75. The van der Waals surface area contributed by atoms with E-state index in [9.17, 15) is 18.0 Å². The fourth-order valence-corrected chi connectivity index (χ4v) is 4.13. The summed E-state index contributed by atoms with van der Waals surface area (Å²) in [5.41, 5.74) is 3.26. The Morgan fingerprint density at radius 1 is 1.23 bits per heavy atom. The number of carbonyl (C=O) groups excluding carboxylic acids is 1. The molecule has 2 aliphatic rings. The molecule has 160 valence electrons. The molecule has 0 spiro atoms. The number of carbonyl (C=O) groups is 1. The van der Waals surface area contributed by atoms with Crippen molar-refractivity contribution in [3.63, 3.8) is 0 Å². The molecule has 1 saturated heterocycles. The maximum atomic E-state index is 13.4. The van der Waals surface area contributed by atoms with Crippen LogP contribution in [0.15, 0.2) is 43.1 Å². The van der Waals surface area contributed by atoms with E-state index >= 15 is 0 Å². The van der Waals surface area contributed by atoms with Gasteiger partial charge in [-0.2, -0.15) is 0 Å². The van der Waals surface area contributed by atoms with Crippen molar-refractivity contribution in [1.82, 2.24) is 4.98 Å². The Hall–Kier alpha value is -2.63. The molecule has 0 bridgehead atoms. The van der Waals surface area contributed by atoms with Crippen molar-refractivity contribution in [2.45, 2.75) is 45.6 Å². The van der Waals surface area contributed by atoms with Crippen molar-refractivity contribution in [3.05, 3.63) is 60.2 Å². The van der Waals surface area contributed by atoms with E-state index in [2.05, 4.69) is 11.6 Å². The molecule has 6 heteroatoms. The Balaban J connectivity index is 0.000000172. The summed E-state index contributed by atoms with van der Waals surface area (Å²) in [6.07, 6.45) is 3.29. The number of cyclic esters (lactones) is 1. The molecule has 1 aliphatic carbocycles. The van der Waals surface area contributed by atoms with Crippen LogP contribution in [0.3, 0.4) is 0 Å². The summed E-state index contributed by atoms with van der Waals surface area (Å²) in [5, 5.41) is 0. The number of aromatic nitrogens is 1. The molecule has 2 heterocycles. The lowest BCUT2D eigenvalue weighted by molar-refractivity contribution is -0.149. The van der Waals surface area contributed by atoms with Gasteiger partial charge in [-0.05, 0) is 49.6 Å². The summed E-state index contributed by atoms with van der Waals surface area (Å²) in [4.78, 5) is 15.5. The van der Waals surface area contributed by atoms with Gasteiger partial charge >= 0.3 is 5.97 Å². The smallest absolute Gasteiger partial charge is 0.309 e. The van der Waals surface area contributed by atoms with E-state index in [-0.39, 0.29) is 24.3 Å². The lowest BCUT2D eigenvalue weighted by Gasteiger charge is -2.35. The van der Waals surface area contributed by atoms with Crippen LogP contribution in [0.25, 0.3) is 17.2 Å². The number of nitrogens with zero attached hydrogens (tertiary/aromatic N) is 1. The van der Waals surface area contributed by atoms with Crippen LogP contribution in [-0.4, -0.2) is 23.0 Å². The average molecular weight is 417 g/mol. The zero-order valence-corrected chi connectivity index (χ0v) is 17.4. The highest BCUT2D eigenvalue weighted by Crippen LogP contribution is 2.48. The number of esters is 1. The predicted molar refractivity (Wildman–Crippen MR) is 110 cm³/mol. The van der Waals surface area contributed by atoms with Gasteiger partial charge in [0.25, 0.3) is 5.92 Å². The highest BCUT2D eigenvalue weighted by Gasteiger charge is 2.54. The van der Waals surface area contributed by atoms with E-state index in [4.69, 9.17) is 4.74 Å². The molecule has 0 radical (unpaired) electrons. The number of alkyl halides is 2. The summed E-state index contributed by atoms with van der Waals surface area (Å²) >= 11 is 0. The minimum atomic E-state index is -2.70. The average Bonchev–Trinajstić information content (AvgIpc) is 2.97. The monoisotopic (exact) mass is 417 g/mol. The van der Waals surface area contributed by atoms with Gasteiger partial charge in [0.2, 0.25) is 0 Å².